The molecule has 1 saturated heterocycles. The first-order valence-corrected chi connectivity index (χ1v) is 9.96. The first kappa shape index (κ1) is 18.2. The number of rotatable bonds is 5. The van der Waals surface area contributed by atoms with Crippen LogP contribution in [0.2, 0.25) is 0 Å². The average Bonchev–Trinajstić information content (AvgIpc) is 3.12. The number of fused-ring (bicyclic) bond motifs is 1. The van der Waals surface area contributed by atoms with E-state index in [0.717, 1.165) is 43.5 Å². The maximum absolute atomic E-state index is 12.4. The van der Waals surface area contributed by atoms with Crippen molar-refractivity contribution in [2.75, 3.05) is 19.6 Å². The molecule has 1 heterocycles. The molecule has 1 saturated carbocycles. The zero-order valence-electron chi connectivity index (χ0n) is 15.7. The maximum Gasteiger partial charge on any atom is 0.234 e. The van der Waals surface area contributed by atoms with E-state index in [9.17, 15) is 9.90 Å². The van der Waals surface area contributed by atoms with Gasteiger partial charge in [0.25, 0.3) is 0 Å². The second-order valence-corrected chi connectivity index (χ2v) is 8.01. The van der Waals surface area contributed by atoms with Crippen LogP contribution in [-0.4, -0.2) is 35.5 Å². The molecule has 4 nitrogen and oxygen atoms in total. The molecule has 4 heteroatoms. The SMILES string of the molecule is O=C(CN1C[C@@H]2CCC[C@@](O)(c3ccccc3)[C@@H]2C1)NCc1ccccc1. The third-order valence-corrected chi connectivity index (χ3v) is 6.24. The van der Waals surface area contributed by atoms with Gasteiger partial charge < -0.3 is 10.4 Å². The van der Waals surface area contributed by atoms with Gasteiger partial charge in [-0.2, -0.15) is 0 Å². The van der Waals surface area contributed by atoms with Crippen LogP contribution in [0.4, 0.5) is 0 Å². The highest BCUT2D eigenvalue weighted by Crippen LogP contribution is 2.48. The molecule has 0 aromatic heterocycles. The number of nitrogens with one attached hydrogen (secondary N) is 1. The molecular weight excluding hydrogens is 336 g/mol. The van der Waals surface area contributed by atoms with Crippen LogP contribution in [-0.2, 0) is 16.9 Å². The van der Waals surface area contributed by atoms with E-state index in [4.69, 9.17) is 0 Å². The first-order valence-electron chi connectivity index (χ1n) is 9.96. The van der Waals surface area contributed by atoms with Gasteiger partial charge in [0.15, 0.2) is 0 Å². The summed E-state index contributed by atoms with van der Waals surface area (Å²) in [5.41, 5.74) is 1.37. The summed E-state index contributed by atoms with van der Waals surface area (Å²) < 4.78 is 0. The predicted octanol–water partition coefficient (Wildman–Crippen LogP) is 2.92. The van der Waals surface area contributed by atoms with Gasteiger partial charge >= 0.3 is 0 Å². The van der Waals surface area contributed by atoms with E-state index >= 15 is 0 Å². The number of aliphatic hydroxyl groups is 1. The fraction of sp³-hybridized carbons (Fsp3) is 0.435. The van der Waals surface area contributed by atoms with E-state index in [1.165, 1.54) is 0 Å². The Morgan fingerprint density at radius 2 is 1.78 bits per heavy atom. The van der Waals surface area contributed by atoms with Crippen molar-refractivity contribution < 1.29 is 9.90 Å². The Labute approximate surface area is 161 Å². The van der Waals surface area contributed by atoms with Crippen molar-refractivity contribution in [1.82, 2.24) is 10.2 Å². The molecule has 0 radical (unpaired) electrons. The number of likely N-dealkylation sites (tertiary alicyclic amines) is 1. The molecule has 4 rings (SSSR count). The molecule has 0 unspecified atom stereocenters. The third-order valence-electron chi connectivity index (χ3n) is 6.24. The van der Waals surface area contributed by atoms with Gasteiger partial charge in [-0.15, -0.1) is 0 Å². The molecule has 2 fully saturated rings. The lowest BCUT2D eigenvalue weighted by Gasteiger charge is -2.41. The topological polar surface area (TPSA) is 52.6 Å². The molecule has 1 aliphatic carbocycles. The molecule has 142 valence electrons. The van der Waals surface area contributed by atoms with Crippen molar-refractivity contribution in [3.8, 4) is 0 Å². The van der Waals surface area contributed by atoms with E-state index in [2.05, 4.69) is 10.2 Å². The average molecular weight is 364 g/mol. The van der Waals surface area contributed by atoms with E-state index in [1.54, 1.807) is 0 Å². The normalized spacial score (nSPS) is 27.9. The highest BCUT2D eigenvalue weighted by Gasteiger charge is 2.49. The Morgan fingerprint density at radius 1 is 1.07 bits per heavy atom. The fourth-order valence-electron chi connectivity index (χ4n) is 4.88. The van der Waals surface area contributed by atoms with Gasteiger partial charge in [0.1, 0.15) is 0 Å². The molecule has 3 atom stereocenters. The van der Waals surface area contributed by atoms with Gasteiger partial charge in [0, 0.05) is 25.6 Å². The smallest absolute Gasteiger partial charge is 0.234 e. The lowest BCUT2D eigenvalue weighted by molar-refractivity contribution is -0.122. The monoisotopic (exact) mass is 364 g/mol. The van der Waals surface area contributed by atoms with Crippen molar-refractivity contribution in [3.63, 3.8) is 0 Å². The van der Waals surface area contributed by atoms with Gasteiger partial charge in [-0.25, -0.2) is 0 Å². The maximum atomic E-state index is 12.4. The van der Waals surface area contributed by atoms with Crippen LogP contribution in [0.25, 0.3) is 0 Å². The Balaban J connectivity index is 1.37. The first-order chi connectivity index (χ1) is 13.1. The molecule has 2 aromatic rings. The van der Waals surface area contributed by atoms with Crippen LogP contribution in [0.1, 0.15) is 30.4 Å². The minimum Gasteiger partial charge on any atom is -0.385 e. The number of nitrogens with zero attached hydrogens (tertiary/aromatic N) is 1. The summed E-state index contributed by atoms with van der Waals surface area (Å²) in [6, 6.07) is 20.1. The quantitative estimate of drug-likeness (QED) is 0.858. The Kier molecular flexibility index (Phi) is 5.28. The summed E-state index contributed by atoms with van der Waals surface area (Å²) >= 11 is 0. The van der Waals surface area contributed by atoms with Crippen LogP contribution in [0, 0.1) is 11.8 Å². The summed E-state index contributed by atoms with van der Waals surface area (Å²) in [5, 5.41) is 14.5. The molecule has 27 heavy (non-hydrogen) atoms. The molecule has 1 aliphatic heterocycles. The minimum atomic E-state index is -0.764. The zero-order chi connectivity index (χ0) is 18.7. The van der Waals surface area contributed by atoms with Crippen LogP contribution >= 0.6 is 0 Å². The van der Waals surface area contributed by atoms with E-state index in [-0.39, 0.29) is 11.8 Å². The van der Waals surface area contributed by atoms with E-state index in [0.29, 0.717) is 19.0 Å². The summed E-state index contributed by atoms with van der Waals surface area (Å²) in [4.78, 5) is 14.6. The van der Waals surface area contributed by atoms with Crippen LogP contribution in [0.5, 0.6) is 0 Å². The molecule has 2 N–H and O–H groups in total. The number of hydrogen-bond donors (Lipinski definition) is 2. The third kappa shape index (κ3) is 3.92. The van der Waals surface area contributed by atoms with E-state index < -0.39 is 5.60 Å². The second kappa shape index (κ2) is 7.83. The van der Waals surface area contributed by atoms with Crippen molar-refractivity contribution in [2.24, 2.45) is 11.8 Å². The van der Waals surface area contributed by atoms with Crippen molar-refractivity contribution in [2.45, 2.75) is 31.4 Å². The zero-order valence-corrected chi connectivity index (χ0v) is 15.7. The Hall–Kier alpha value is -2.17. The number of hydrogen-bond acceptors (Lipinski definition) is 3. The Bertz CT molecular complexity index is 764. The summed E-state index contributed by atoms with van der Waals surface area (Å²) in [6.07, 6.45) is 2.99. The molecule has 2 aliphatic rings. The van der Waals surface area contributed by atoms with Crippen LogP contribution in [0.3, 0.4) is 0 Å². The van der Waals surface area contributed by atoms with Gasteiger partial charge in [0.2, 0.25) is 5.91 Å². The van der Waals surface area contributed by atoms with E-state index in [1.807, 2.05) is 60.7 Å². The molecular formula is C23H28N2O2. The van der Waals surface area contributed by atoms with Crippen molar-refractivity contribution in [3.05, 3.63) is 71.8 Å². The lowest BCUT2D eigenvalue weighted by Crippen LogP contribution is -2.43. The Morgan fingerprint density at radius 3 is 2.52 bits per heavy atom. The molecule has 0 bridgehead atoms. The van der Waals surface area contributed by atoms with Gasteiger partial charge in [-0.3, -0.25) is 9.69 Å². The largest absolute Gasteiger partial charge is 0.385 e. The second-order valence-electron chi connectivity index (χ2n) is 8.01. The molecule has 1 amide bonds. The van der Waals surface area contributed by atoms with Gasteiger partial charge in [0.05, 0.1) is 12.1 Å². The molecule has 0 spiro atoms. The number of carbonyl (C=O) groups is 1. The number of amides is 1. The highest BCUT2D eigenvalue weighted by atomic mass is 16.3. The molecule has 2 aromatic carbocycles. The van der Waals surface area contributed by atoms with Crippen LogP contribution < -0.4 is 5.32 Å². The van der Waals surface area contributed by atoms with Crippen molar-refractivity contribution in [1.29, 1.82) is 0 Å². The summed E-state index contributed by atoms with van der Waals surface area (Å²) in [7, 11) is 0. The number of carbonyl (C=O) groups excluding carboxylic acids is 1. The predicted molar refractivity (Wildman–Crippen MR) is 106 cm³/mol. The van der Waals surface area contributed by atoms with Gasteiger partial charge in [-0.05, 0) is 36.3 Å². The lowest BCUT2D eigenvalue weighted by atomic mass is 9.67. The minimum absolute atomic E-state index is 0.0563. The summed E-state index contributed by atoms with van der Waals surface area (Å²) in [5.74, 6) is 0.724. The standard InChI is InChI=1S/C23H28N2O2/c26-22(24-14-18-8-3-1-4-9-18)17-25-15-19-10-7-13-23(27,21(19)16-25)20-11-5-2-6-12-20/h1-6,8-9,11-12,19,21,27H,7,10,13-17H2,(H,24,26)/t19-,21+,23+/m0/s1. The fourth-order valence-corrected chi connectivity index (χ4v) is 4.88. The van der Waals surface area contributed by atoms with Crippen molar-refractivity contribution >= 4 is 5.91 Å². The van der Waals surface area contributed by atoms with Gasteiger partial charge in [-0.1, -0.05) is 60.7 Å². The van der Waals surface area contributed by atoms with Crippen LogP contribution in [0.15, 0.2) is 60.7 Å². The highest BCUT2D eigenvalue weighted by molar-refractivity contribution is 5.78. The number of benzene rings is 2. The summed E-state index contributed by atoms with van der Waals surface area (Å²) in [6.45, 7) is 2.66.